The Hall–Kier alpha value is -2.93. The predicted molar refractivity (Wildman–Crippen MR) is 118 cm³/mol. The van der Waals surface area contributed by atoms with E-state index in [1.54, 1.807) is 18.2 Å². The lowest BCUT2D eigenvalue weighted by molar-refractivity contribution is 0.600. The Kier molecular flexibility index (Phi) is 5.47. The van der Waals surface area contributed by atoms with Gasteiger partial charge in [0.15, 0.2) is 0 Å². The molecule has 0 unspecified atom stereocenters. The summed E-state index contributed by atoms with van der Waals surface area (Å²) in [6, 6.07) is 12.7. The first-order valence-electron chi connectivity index (χ1n) is 10.2. The third-order valence-electron chi connectivity index (χ3n) is 5.70. The fourth-order valence-corrected chi connectivity index (χ4v) is 5.50. The van der Waals surface area contributed by atoms with Crippen molar-refractivity contribution < 1.29 is 8.42 Å². The molecule has 1 aromatic heterocycles. The van der Waals surface area contributed by atoms with Crippen LogP contribution in [0.25, 0.3) is 11.3 Å². The lowest BCUT2D eigenvalue weighted by Crippen LogP contribution is -2.21. The molecule has 0 bridgehead atoms. The molecule has 1 heterocycles. The van der Waals surface area contributed by atoms with Crippen LogP contribution in [-0.4, -0.2) is 18.6 Å². The molecule has 156 valence electrons. The van der Waals surface area contributed by atoms with Crippen LogP contribution in [0.4, 0.5) is 5.69 Å². The highest BCUT2D eigenvalue weighted by atomic mass is 32.2. The third-order valence-corrected chi connectivity index (χ3v) is 7.15. The van der Waals surface area contributed by atoms with Crippen LogP contribution in [0.3, 0.4) is 0 Å². The zero-order valence-electron chi connectivity index (χ0n) is 17.2. The molecule has 0 atom stereocenters. The lowest BCUT2D eigenvalue weighted by atomic mass is 9.89. The van der Waals surface area contributed by atoms with Crippen molar-refractivity contribution in [3.8, 4) is 11.3 Å². The van der Waals surface area contributed by atoms with Crippen LogP contribution in [0.15, 0.2) is 52.2 Å². The third kappa shape index (κ3) is 3.77. The molecule has 0 spiro atoms. The second-order valence-electron chi connectivity index (χ2n) is 7.66. The molecule has 30 heavy (non-hydrogen) atoms. The molecule has 3 aromatic rings. The number of nitrogens with zero attached hydrogens (tertiary/aromatic N) is 1. The van der Waals surface area contributed by atoms with E-state index in [1.165, 1.54) is 0 Å². The fourth-order valence-electron chi connectivity index (χ4n) is 4.03. The van der Waals surface area contributed by atoms with Gasteiger partial charge in [-0.3, -0.25) is 9.52 Å². The van der Waals surface area contributed by atoms with Crippen molar-refractivity contribution >= 4 is 15.7 Å². The van der Waals surface area contributed by atoms with Crippen LogP contribution in [0.2, 0.25) is 0 Å². The number of hydrogen-bond acceptors (Lipinski definition) is 4. The summed E-state index contributed by atoms with van der Waals surface area (Å²) < 4.78 is 29.3. The number of H-pyrrole nitrogens is 1. The Morgan fingerprint density at radius 1 is 1.07 bits per heavy atom. The number of aryl methyl sites for hydroxylation is 2. The van der Waals surface area contributed by atoms with E-state index in [1.807, 2.05) is 38.1 Å². The van der Waals surface area contributed by atoms with E-state index in [4.69, 9.17) is 0 Å². The zero-order chi connectivity index (χ0) is 21.3. The second kappa shape index (κ2) is 8.07. The van der Waals surface area contributed by atoms with Gasteiger partial charge in [0.1, 0.15) is 0 Å². The van der Waals surface area contributed by atoms with Crippen molar-refractivity contribution in [1.82, 2.24) is 10.2 Å². The first-order valence-corrected chi connectivity index (χ1v) is 11.7. The number of aromatic nitrogens is 2. The number of nitrogens with one attached hydrogen (secondary N) is 2. The van der Waals surface area contributed by atoms with Crippen LogP contribution in [0, 0.1) is 6.92 Å². The molecule has 7 heteroatoms. The standard InChI is InChI=1S/C23H25N3O3S/c1-3-16-12-13-17(22-18-9-5-6-10-19(18)23(27)25-24-22)14-21(16)30(28,29)26-20-11-7-4-8-15(20)2/h4,7-8,11-14,26H,3,5-6,9-10H2,1-2H3,(H,25,27). The molecule has 0 saturated carbocycles. The van der Waals surface area contributed by atoms with Crippen LogP contribution < -0.4 is 10.3 Å². The van der Waals surface area contributed by atoms with Crippen molar-refractivity contribution in [3.05, 3.63) is 75.1 Å². The average molecular weight is 424 g/mol. The van der Waals surface area contributed by atoms with E-state index in [2.05, 4.69) is 14.9 Å². The molecule has 2 N–H and O–H groups in total. The van der Waals surface area contributed by atoms with Gasteiger partial charge in [-0.05, 0) is 67.9 Å². The summed E-state index contributed by atoms with van der Waals surface area (Å²) in [7, 11) is -3.79. The largest absolute Gasteiger partial charge is 0.279 e. The van der Waals surface area contributed by atoms with E-state index >= 15 is 0 Å². The zero-order valence-corrected chi connectivity index (χ0v) is 18.0. The molecule has 0 saturated heterocycles. The molecule has 2 aromatic carbocycles. The monoisotopic (exact) mass is 423 g/mol. The minimum Gasteiger partial charge on any atom is -0.279 e. The van der Waals surface area contributed by atoms with Crippen molar-refractivity contribution in [1.29, 1.82) is 0 Å². The van der Waals surface area contributed by atoms with E-state index in [0.29, 0.717) is 23.4 Å². The van der Waals surface area contributed by atoms with Crippen LogP contribution in [0.1, 0.15) is 42.0 Å². The first kappa shape index (κ1) is 20.3. The molecular formula is C23H25N3O3S. The van der Waals surface area contributed by atoms with E-state index < -0.39 is 10.0 Å². The smallest absolute Gasteiger partial charge is 0.267 e. The summed E-state index contributed by atoms with van der Waals surface area (Å²) in [4.78, 5) is 12.4. The van der Waals surface area contributed by atoms with E-state index in [-0.39, 0.29) is 10.5 Å². The normalized spacial score (nSPS) is 13.7. The van der Waals surface area contributed by atoms with Crippen molar-refractivity contribution in [2.75, 3.05) is 4.72 Å². The summed E-state index contributed by atoms with van der Waals surface area (Å²) in [5.41, 5.74) is 5.07. The van der Waals surface area contributed by atoms with E-state index in [0.717, 1.165) is 47.9 Å². The van der Waals surface area contributed by atoms with Gasteiger partial charge in [-0.2, -0.15) is 5.10 Å². The maximum absolute atomic E-state index is 13.3. The molecule has 1 aliphatic rings. The molecular weight excluding hydrogens is 398 g/mol. The van der Waals surface area contributed by atoms with Crippen molar-refractivity contribution in [2.45, 2.75) is 50.8 Å². The molecule has 0 aliphatic heterocycles. The van der Waals surface area contributed by atoms with Gasteiger partial charge in [-0.15, -0.1) is 0 Å². The van der Waals surface area contributed by atoms with Crippen molar-refractivity contribution in [2.24, 2.45) is 0 Å². The van der Waals surface area contributed by atoms with Crippen LogP contribution in [-0.2, 0) is 29.3 Å². The summed E-state index contributed by atoms with van der Waals surface area (Å²) in [6.07, 6.45) is 4.07. The number of para-hydroxylation sites is 1. The number of anilines is 1. The van der Waals surface area contributed by atoms with Gasteiger partial charge in [-0.1, -0.05) is 37.3 Å². The maximum Gasteiger partial charge on any atom is 0.267 e. The topological polar surface area (TPSA) is 91.9 Å². The number of hydrogen-bond donors (Lipinski definition) is 2. The molecule has 6 nitrogen and oxygen atoms in total. The molecule has 0 fully saturated rings. The second-order valence-corrected chi connectivity index (χ2v) is 9.31. The Labute approximate surface area is 176 Å². The van der Waals surface area contributed by atoms with Gasteiger partial charge in [0, 0.05) is 11.1 Å². The summed E-state index contributed by atoms with van der Waals surface area (Å²) in [6.45, 7) is 3.80. The molecule has 0 radical (unpaired) electrons. The van der Waals surface area contributed by atoms with Crippen LogP contribution in [0.5, 0.6) is 0 Å². The maximum atomic E-state index is 13.3. The number of sulfonamides is 1. The van der Waals surface area contributed by atoms with Gasteiger partial charge >= 0.3 is 0 Å². The minimum atomic E-state index is -3.79. The highest BCUT2D eigenvalue weighted by Gasteiger charge is 2.23. The highest BCUT2D eigenvalue weighted by molar-refractivity contribution is 7.92. The van der Waals surface area contributed by atoms with Crippen LogP contribution >= 0.6 is 0 Å². The Bertz CT molecular complexity index is 1260. The van der Waals surface area contributed by atoms with Gasteiger partial charge in [-0.25, -0.2) is 13.5 Å². The number of benzene rings is 2. The summed E-state index contributed by atoms with van der Waals surface area (Å²) >= 11 is 0. The summed E-state index contributed by atoms with van der Waals surface area (Å²) in [5, 5.41) is 6.88. The Balaban J connectivity index is 1.82. The highest BCUT2D eigenvalue weighted by Crippen LogP contribution is 2.31. The number of fused-ring (bicyclic) bond motifs is 1. The number of rotatable bonds is 5. The minimum absolute atomic E-state index is 0.146. The molecule has 4 rings (SSSR count). The van der Waals surface area contributed by atoms with E-state index in [9.17, 15) is 13.2 Å². The first-order chi connectivity index (χ1) is 14.4. The fraction of sp³-hybridized carbons (Fsp3) is 0.304. The van der Waals surface area contributed by atoms with Crippen molar-refractivity contribution in [3.63, 3.8) is 0 Å². The summed E-state index contributed by atoms with van der Waals surface area (Å²) in [5.74, 6) is 0. The SMILES string of the molecule is CCc1ccc(-c2n[nH]c(=O)c3c2CCCC3)cc1S(=O)(=O)Nc1ccccc1C. The lowest BCUT2D eigenvalue weighted by Gasteiger charge is -2.19. The average Bonchev–Trinajstić information content (AvgIpc) is 2.75. The van der Waals surface area contributed by atoms with Gasteiger partial charge < -0.3 is 0 Å². The van der Waals surface area contributed by atoms with Gasteiger partial charge in [0.05, 0.1) is 16.3 Å². The van der Waals surface area contributed by atoms with Gasteiger partial charge in [0.25, 0.3) is 15.6 Å². The van der Waals surface area contributed by atoms with Gasteiger partial charge in [0.2, 0.25) is 0 Å². The quantitative estimate of drug-likeness (QED) is 0.649. The number of aromatic amines is 1. The Morgan fingerprint density at radius 2 is 1.80 bits per heavy atom. The molecule has 0 amide bonds. The Morgan fingerprint density at radius 3 is 2.53 bits per heavy atom. The molecule has 1 aliphatic carbocycles. The predicted octanol–water partition coefficient (Wildman–Crippen LogP) is 3.99.